The SMILES string of the molecule is CC1(OC(=O)N2CCC([C@H]3C[C@H]3CCOc3ccc(CC(=O)N4CCC4)c(C#N)c3)CC2)CC1. The molecule has 0 aromatic heterocycles. The highest BCUT2D eigenvalue weighted by Gasteiger charge is 2.45. The number of carbonyl (C=O) groups is 2. The van der Waals surface area contributed by atoms with E-state index in [9.17, 15) is 14.9 Å². The summed E-state index contributed by atoms with van der Waals surface area (Å²) in [4.78, 5) is 28.2. The van der Waals surface area contributed by atoms with Gasteiger partial charge in [-0.25, -0.2) is 4.79 Å². The van der Waals surface area contributed by atoms with Crippen molar-refractivity contribution in [2.24, 2.45) is 17.8 Å². The molecule has 1 aromatic rings. The van der Waals surface area contributed by atoms with Crippen LogP contribution in [0.1, 0.15) is 63.0 Å². The van der Waals surface area contributed by atoms with E-state index in [1.807, 2.05) is 28.9 Å². The lowest BCUT2D eigenvalue weighted by molar-refractivity contribution is -0.133. The van der Waals surface area contributed by atoms with Crippen LogP contribution in [0.4, 0.5) is 4.79 Å². The van der Waals surface area contributed by atoms with Crippen molar-refractivity contribution in [2.45, 2.75) is 63.9 Å². The van der Waals surface area contributed by atoms with Gasteiger partial charge in [0.05, 0.1) is 24.7 Å². The van der Waals surface area contributed by atoms with Gasteiger partial charge in [-0.05, 0) is 87.3 Å². The fourth-order valence-electron chi connectivity index (χ4n) is 5.32. The molecule has 2 saturated heterocycles. The molecule has 2 saturated carbocycles. The summed E-state index contributed by atoms with van der Waals surface area (Å²) in [5.74, 6) is 2.92. The summed E-state index contributed by atoms with van der Waals surface area (Å²) in [5, 5.41) is 9.52. The van der Waals surface area contributed by atoms with Crippen LogP contribution < -0.4 is 4.74 Å². The number of likely N-dealkylation sites (tertiary alicyclic amines) is 2. The quantitative estimate of drug-likeness (QED) is 0.576. The van der Waals surface area contributed by atoms with E-state index in [4.69, 9.17) is 9.47 Å². The minimum absolute atomic E-state index is 0.0936. The zero-order valence-corrected chi connectivity index (χ0v) is 20.1. The number of ether oxygens (including phenoxy) is 2. The fourth-order valence-corrected chi connectivity index (χ4v) is 5.32. The number of nitriles is 1. The summed E-state index contributed by atoms with van der Waals surface area (Å²) >= 11 is 0. The van der Waals surface area contributed by atoms with E-state index < -0.39 is 0 Å². The predicted molar refractivity (Wildman–Crippen MR) is 126 cm³/mol. The van der Waals surface area contributed by atoms with Gasteiger partial charge in [0.1, 0.15) is 11.4 Å². The Balaban J connectivity index is 1.02. The zero-order chi connectivity index (χ0) is 23.7. The Hall–Kier alpha value is -2.75. The molecule has 34 heavy (non-hydrogen) atoms. The number of amides is 2. The fraction of sp³-hybridized carbons (Fsp3) is 0.667. The highest BCUT2D eigenvalue weighted by molar-refractivity contribution is 5.80. The van der Waals surface area contributed by atoms with Crippen LogP contribution in [0.25, 0.3) is 0 Å². The monoisotopic (exact) mass is 465 g/mol. The maximum atomic E-state index is 12.3. The van der Waals surface area contributed by atoms with Crippen molar-refractivity contribution in [2.75, 3.05) is 32.8 Å². The summed E-state index contributed by atoms with van der Waals surface area (Å²) < 4.78 is 11.6. The minimum atomic E-state index is -0.199. The number of hydrogen-bond acceptors (Lipinski definition) is 5. The molecule has 4 fully saturated rings. The molecule has 7 heteroatoms. The minimum Gasteiger partial charge on any atom is -0.494 e. The van der Waals surface area contributed by atoms with Crippen molar-refractivity contribution in [3.8, 4) is 11.8 Å². The second-order valence-corrected chi connectivity index (χ2v) is 10.8. The van der Waals surface area contributed by atoms with Crippen molar-refractivity contribution in [3.63, 3.8) is 0 Å². The van der Waals surface area contributed by atoms with Gasteiger partial charge in [0.15, 0.2) is 0 Å². The number of hydrogen-bond donors (Lipinski definition) is 0. The second-order valence-electron chi connectivity index (χ2n) is 10.8. The topological polar surface area (TPSA) is 82.9 Å². The van der Waals surface area contributed by atoms with Crippen LogP contribution in [0.15, 0.2) is 18.2 Å². The van der Waals surface area contributed by atoms with Gasteiger partial charge in [-0.3, -0.25) is 4.79 Å². The Kier molecular flexibility index (Phi) is 6.42. The summed E-state index contributed by atoms with van der Waals surface area (Å²) in [6.07, 6.45) is 7.59. The molecule has 0 radical (unpaired) electrons. The maximum absolute atomic E-state index is 12.3. The van der Waals surface area contributed by atoms with E-state index in [-0.39, 0.29) is 24.0 Å². The average Bonchev–Trinajstić information content (AvgIpc) is 3.71. The highest BCUT2D eigenvalue weighted by Crippen LogP contribution is 2.50. The van der Waals surface area contributed by atoms with Crippen LogP contribution in [0, 0.1) is 29.1 Å². The Morgan fingerprint density at radius 1 is 1.15 bits per heavy atom. The Morgan fingerprint density at radius 2 is 1.91 bits per heavy atom. The van der Waals surface area contributed by atoms with Gasteiger partial charge in [-0.15, -0.1) is 0 Å². The third-order valence-electron chi connectivity index (χ3n) is 8.18. The summed E-state index contributed by atoms with van der Waals surface area (Å²) in [7, 11) is 0. The smallest absolute Gasteiger partial charge is 0.410 e. The molecule has 2 heterocycles. The van der Waals surface area contributed by atoms with Gasteiger partial charge < -0.3 is 19.3 Å². The van der Waals surface area contributed by atoms with Crippen molar-refractivity contribution < 1.29 is 19.1 Å². The second kappa shape index (κ2) is 9.48. The van der Waals surface area contributed by atoms with Gasteiger partial charge in [0.2, 0.25) is 5.91 Å². The van der Waals surface area contributed by atoms with E-state index in [0.717, 1.165) is 76.2 Å². The van der Waals surface area contributed by atoms with Gasteiger partial charge in [-0.1, -0.05) is 6.07 Å². The van der Waals surface area contributed by atoms with Crippen LogP contribution in [0.5, 0.6) is 5.75 Å². The molecule has 2 atom stereocenters. The lowest BCUT2D eigenvalue weighted by atomic mass is 9.91. The first kappa shape index (κ1) is 23.0. The Bertz CT molecular complexity index is 971. The van der Waals surface area contributed by atoms with Crippen molar-refractivity contribution in [1.29, 1.82) is 5.26 Å². The van der Waals surface area contributed by atoms with E-state index in [1.165, 1.54) is 6.42 Å². The molecule has 182 valence electrons. The lowest BCUT2D eigenvalue weighted by Crippen LogP contribution is -2.42. The van der Waals surface area contributed by atoms with Crippen LogP contribution >= 0.6 is 0 Å². The van der Waals surface area contributed by atoms with Crippen molar-refractivity contribution >= 4 is 12.0 Å². The van der Waals surface area contributed by atoms with Gasteiger partial charge in [0, 0.05) is 26.2 Å². The van der Waals surface area contributed by atoms with E-state index in [2.05, 4.69) is 6.07 Å². The number of rotatable bonds is 8. The third-order valence-corrected chi connectivity index (χ3v) is 8.18. The van der Waals surface area contributed by atoms with Crippen LogP contribution in [-0.2, 0) is 16.0 Å². The Morgan fingerprint density at radius 3 is 2.56 bits per heavy atom. The maximum Gasteiger partial charge on any atom is 0.410 e. The molecule has 4 aliphatic rings. The molecule has 0 unspecified atom stereocenters. The molecule has 1 aromatic carbocycles. The lowest BCUT2D eigenvalue weighted by Gasteiger charge is -2.32. The number of carbonyl (C=O) groups excluding carboxylic acids is 2. The van der Waals surface area contributed by atoms with E-state index >= 15 is 0 Å². The molecule has 0 N–H and O–H groups in total. The molecule has 0 bridgehead atoms. The van der Waals surface area contributed by atoms with E-state index in [1.54, 1.807) is 6.07 Å². The molecule has 7 nitrogen and oxygen atoms in total. The largest absolute Gasteiger partial charge is 0.494 e. The first-order valence-electron chi connectivity index (χ1n) is 12.9. The molecule has 0 spiro atoms. The van der Waals surface area contributed by atoms with E-state index in [0.29, 0.717) is 29.8 Å². The van der Waals surface area contributed by atoms with Crippen LogP contribution in [0.3, 0.4) is 0 Å². The molecule has 2 aliphatic heterocycles. The third kappa shape index (κ3) is 5.32. The van der Waals surface area contributed by atoms with Gasteiger partial charge in [0.25, 0.3) is 0 Å². The van der Waals surface area contributed by atoms with Crippen LogP contribution in [-0.4, -0.2) is 60.2 Å². The first-order chi connectivity index (χ1) is 16.4. The summed E-state index contributed by atoms with van der Waals surface area (Å²) in [6.45, 7) is 5.93. The van der Waals surface area contributed by atoms with Crippen molar-refractivity contribution in [3.05, 3.63) is 29.3 Å². The number of benzene rings is 1. The standard InChI is InChI=1S/C27H35N3O4/c1-27(8-9-27)34-26(32)30-12-5-19(6-13-30)24-16-21(24)7-14-33-23-4-3-20(22(15-23)18-28)17-25(31)29-10-2-11-29/h3-4,15,19,21,24H,2,5-14,16-17H2,1H3/t21-,24-/m1/s1. The average molecular weight is 466 g/mol. The van der Waals surface area contributed by atoms with Crippen LogP contribution in [0.2, 0.25) is 0 Å². The summed E-state index contributed by atoms with van der Waals surface area (Å²) in [6, 6.07) is 7.71. The molecule has 2 amide bonds. The molecule has 2 aliphatic carbocycles. The van der Waals surface area contributed by atoms with Crippen molar-refractivity contribution in [1.82, 2.24) is 9.80 Å². The van der Waals surface area contributed by atoms with Gasteiger partial charge in [-0.2, -0.15) is 5.26 Å². The normalized spacial score (nSPS) is 25.2. The molecule has 5 rings (SSSR count). The number of nitrogens with zero attached hydrogens (tertiary/aromatic N) is 3. The number of piperidine rings is 1. The van der Waals surface area contributed by atoms with Gasteiger partial charge >= 0.3 is 6.09 Å². The predicted octanol–water partition coefficient (Wildman–Crippen LogP) is 4.14. The molecular formula is C27H35N3O4. The Labute approximate surface area is 202 Å². The first-order valence-corrected chi connectivity index (χ1v) is 12.9. The highest BCUT2D eigenvalue weighted by atomic mass is 16.6. The summed E-state index contributed by atoms with van der Waals surface area (Å²) in [5.41, 5.74) is 1.10. The zero-order valence-electron chi connectivity index (χ0n) is 20.1. The molecular weight excluding hydrogens is 430 g/mol.